The maximum Gasteiger partial charge on any atom is 0.416 e. The van der Waals surface area contributed by atoms with Crippen LogP contribution in [-0.4, -0.2) is 96.0 Å². The molecule has 5 fully saturated rings. The van der Waals surface area contributed by atoms with Crippen molar-refractivity contribution in [1.29, 1.82) is 0 Å². The highest BCUT2D eigenvalue weighted by atomic mass is 16.7. The van der Waals surface area contributed by atoms with E-state index in [4.69, 9.17) is 30.0 Å². The minimum absolute atomic E-state index is 0.127. The van der Waals surface area contributed by atoms with Crippen molar-refractivity contribution in [1.82, 2.24) is 9.80 Å². The van der Waals surface area contributed by atoms with Gasteiger partial charge in [0.15, 0.2) is 5.79 Å². The van der Waals surface area contributed by atoms with Gasteiger partial charge >= 0.3 is 12.2 Å². The molecule has 2 saturated carbocycles. The number of ether oxygens (including phenoxy) is 4. The van der Waals surface area contributed by atoms with Gasteiger partial charge in [0.05, 0.1) is 25.3 Å². The summed E-state index contributed by atoms with van der Waals surface area (Å²) in [7, 11) is 0. The fourth-order valence-corrected chi connectivity index (χ4v) is 6.61. The number of carbonyl (C=O) groups is 5. The number of ketones is 1. The maximum absolute atomic E-state index is 12.8. The number of azide groups is 2. The summed E-state index contributed by atoms with van der Waals surface area (Å²) >= 11 is 0. The van der Waals surface area contributed by atoms with Crippen LogP contribution in [0.4, 0.5) is 9.59 Å². The third-order valence-electron chi connectivity index (χ3n) is 9.28. The van der Waals surface area contributed by atoms with Crippen LogP contribution in [0.5, 0.6) is 0 Å². The SMILES string of the molecule is CC[C@H]1COC(=O)N1C(=O)[C@@H](N=[N+]=[N-])C1CCC(=O)CC1.CC[C@H]1COC(=O)N1C(=O)[C@@H](N=[N+]=[N-])C1CCC2(CC1)OCCO2. The Morgan fingerprint density at radius 2 is 1.22 bits per heavy atom. The molecule has 5 rings (SSSR count). The first-order valence-electron chi connectivity index (χ1n) is 15.6. The van der Waals surface area contributed by atoms with Crippen molar-refractivity contribution in [2.45, 2.75) is 108 Å². The quantitative estimate of drug-likeness (QED) is 0.207. The summed E-state index contributed by atoms with van der Waals surface area (Å²) in [6.45, 7) is 5.28. The van der Waals surface area contributed by atoms with E-state index in [1.807, 2.05) is 13.8 Å². The molecular weight excluding hydrogens is 592 g/mol. The van der Waals surface area contributed by atoms with Crippen molar-refractivity contribution in [3.63, 3.8) is 0 Å². The minimum Gasteiger partial charge on any atom is -0.447 e. The highest BCUT2D eigenvalue weighted by Crippen LogP contribution is 2.40. The Balaban J connectivity index is 0.000000207. The summed E-state index contributed by atoms with van der Waals surface area (Å²) in [6, 6.07) is -2.44. The fraction of sp³-hybridized carbons (Fsp3) is 0.821. The van der Waals surface area contributed by atoms with Crippen LogP contribution in [-0.2, 0) is 33.3 Å². The molecule has 45 heavy (non-hydrogen) atoms. The Hall–Kier alpha value is -3.91. The molecule has 17 nitrogen and oxygen atoms in total. The van der Waals surface area contributed by atoms with E-state index in [0.29, 0.717) is 77.4 Å². The number of carbonyl (C=O) groups excluding carboxylic acids is 5. The molecule has 0 N–H and O–H groups in total. The van der Waals surface area contributed by atoms with Gasteiger partial charge in [0.25, 0.3) is 0 Å². The van der Waals surface area contributed by atoms with Crippen molar-refractivity contribution in [3.8, 4) is 0 Å². The van der Waals surface area contributed by atoms with E-state index >= 15 is 0 Å². The second-order valence-corrected chi connectivity index (χ2v) is 11.8. The molecule has 4 atom stereocenters. The molecule has 0 aromatic rings. The van der Waals surface area contributed by atoms with Gasteiger partial charge in [-0.2, -0.15) is 0 Å². The molecule has 0 aromatic carbocycles. The highest BCUT2D eigenvalue weighted by Gasteiger charge is 2.47. The van der Waals surface area contributed by atoms with Crippen molar-refractivity contribution in [2.24, 2.45) is 22.1 Å². The van der Waals surface area contributed by atoms with Crippen LogP contribution < -0.4 is 0 Å². The summed E-state index contributed by atoms with van der Waals surface area (Å²) in [6.07, 6.45) is 4.25. The molecule has 246 valence electrons. The Morgan fingerprint density at radius 3 is 1.62 bits per heavy atom. The summed E-state index contributed by atoms with van der Waals surface area (Å²) < 4.78 is 21.2. The lowest BCUT2D eigenvalue weighted by molar-refractivity contribution is -0.184. The summed E-state index contributed by atoms with van der Waals surface area (Å²) in [5, 5.41) is 7.30. The normalized spacial score (nSPS) is 26.2. The van der Waals surface area contributed by atoms with Gasteiger partial charge in [0.2, 0.25) is 11.8 Å². The molecule has 4 amide bonds. The molecule has 0 bridgehead atoms. The van der Waals surface area contributed by atoms with Gasteiger partial charge in [-0.1, -0.05) is 24.1 Å². The second-order valence-electron chi connectivity index (χ2n) is 11.8. The van der Waals surface area contributed by atoms with E-state index in [0.717, 1.165) is 9.80 Å². The summed E-state index contributed by atoms with van der Waals surface area (Å²) in [5.41, 5.74) is 17.6. The third kappa shape index (κ3) is 7.67. The Labute approximate surface area is 260 Å². The zero-order chi connectivity index (χ0) is 32.6. The zero-order valence-electron chi connectivity index (χ0n) is 25.6. The van der Waals surface area contributed by atoms with Crippen LogP contribution in [0.15, 0.2) is 10.2 Å². The molecule has 17 heteroatoms. The topological polar surface area (TPSA) is 226 Å². The second kappa shape index (κ2) is 15.4. The fourth-order valence-electron chi connectivity index (χ4n) is 6.61. The smallest absolute Gasteiger partial charge is 0.416 e. The first-order chi connectivity index (χ1) is 21.7. The molecule has 1 spiro atoms. The zero-order valence-corrected chi connectivity index (χ0v) is 25.6. The number of amides is 4. The van der Waals surface area contributed by atoms with E-state index in [2.05, 4.69) is 20.1 Å². The number of Topliss-reactive ketones (excluding diaryl/α,β-unsaturated/α-hetero) is 1. The molecule has 0 aromatic heterocycles. The third-order valence-corrected chi connectivity index (χ3v) is 9.28. The van der Waals surface area contributed by atoms with E-state index in [1.54, 1.807) is 0 Å². The van der Waals surface area contributed by atoms with Crippen LogP contribution in [0.3, 0.4) is 0 Å². The van der Waals surface area contributed by atoms with Gasteiger partial charge in [-0.05, 0) is 61.4 Å². The number of hydrogen-bond donors (Lipinski definition) is 0. The van der Waals surface area contributed by atoms with Crippen molar-refractivity contribution in [2.75, 3.05) is 26.4 Å². The van der Waals surface area contributed by atoms with E-state index in [1.165, 1.54) is 0 Å². The Kier molecular flexibility index (Phi) is 11.6. The van der Waals surface area contributed by atoms with Gasteiger partial charge in [-0.3, -0.25) is 14.4 Å². The van der Waals surface area contributed by atoms with Gasteiger partial charge in [-0.25, -0.2) is 19.4 Å². The van der Waals surface area contributed by atoms with Crippen molar-refractivity contribution in [3.05, 3.63) is 20.9 Å². The molecule has 3 aliphatic heterocycles. The molecule has 5 aliphatic rings. The predicted molar refractivity (Wildman–Crippen MR) is 154 cm³/mol. The van der Waals surface area contributed by atoms with Gasteiger partial charge in [-0.15, -0.1) is 0 Å². The summed E-state index contributed by atoms with van der Waals surface area (Å²) in [5.74, 6) is -1.68. The maximum atomic E-state index is 12.8. The van der Waals surface area contributed by atoms with E-state index in [9.17, 15) is 24.0 Å². The summed E-state index contributed by atoms with van der Waals surface area (Å²) in [4.78, 5) is 68.1. The first-order valence-corrected chi connectivity index (χ1v) is 15.6. The van der Waals surface area contributed by atoms with Gasteiger partial charge < -0.3 is 18.9 Å². The van der Waals surface area contributed by atoms with Crippen molar-refractivity contribution < 1.29 is 42.9 Å². The molecule has 0 radical (unpaired) electrons. The molecule has 3 saturated heterocycles. The van der Waals surface area contributed by atoms with Crippen LogP contribution in [0.2, 0.25) is 0 Å². The lowest BCUT2D eigenvalue weighted by Crippen LogP contribution is -2.48. The van der Waals surface area contributed by atoms with Gasteiger partial charge in [0, 0.05) is 35.5 Å². The highest BCUT2D eigenvalue weighted by molar-refractivity contribution is 5.97. The molecule has 2 aliphatic carbocycles. The molecule has 0 unspecified atom stereocenters. The largest absolute Gasteiger partial charge is 0.447 e. The number of cyclic esters (lactones) is 2. The monoisotopic (exact) mass is 632 g/mol. The van der Waals surface area contributed by atoms with Crippen LogP contribution in [0.1, 0.15) is 78.1 Å². The van der Waals surface area contributed by atoms with E-state index in [-0.39, 0.29) is 42.9 Å². The van der Waals surface area contributed by atoms with E-state index < -0.39 is 41.9 Å². The number of imide groups is 2. The van der Waals surface area contributed by atoms with Crippen LogP contribution >= 0.6 is 0 Å². The van der Waals surface area contributed by atoms with Crippen LogP contribution in [0.25, 0.3) is 20.9 Å². The predicted octanol–water partition coefficient (Wildman–Crippen LogP) is 4.54. The van der Waals surface area contributed by atoms with Gasteiger partial charge in [0.1, 0.15) is 31.1 Å². The minimum atomic E-state index is -0.942. The Bertz CT molecular complexity index is 1220. The number of nitrogens with zero attached hydrogens (tertiary/aromatic N) is 8. The lowest BCUT2D eigenvalue weighted by Gasteiger charge is -2.37. The average Bonchev–Trinajstić information content (AvgIpc) is 3.77. The number of hydrogen-bond acceptors (Lipinski definition) is 11. The lowest BCUT2D eigenvalue weighted by atomic mass is 9.80. The van der Waals surface area contributed by atoms with Crippen molar-refractivity contribution >= 4 is 29.8 Å². The molecule has 3 heterocycles. The van der Waals surface area contributed by atoms with Crippen LogP contribution in [0, 0.1) is 11.8 Å². The number of rotatable bonds is 8. The standard InChI is InChI=1S/C15H22N4O5.C13H18N4O4/c1-2-11-9-22-14(21)19(11)13(20)12(17-18-16)10-3-5-15(6-4-10)23-7-8-24-15;1-2-9-7-21-13(20)17(9)12(19)11(15-16-14)8-3-5-10(18)6-4-8/h10-12H,2-9H2,1H3;8-9,11H,2-7H2,1H3/t11-,12-;9-,11-/m00/s1. The average molecular weight is 633 g/mol. The molecular formula is C28H40N8O9. The Morgan fingerprint density at radius 1 is 0.800 bits per heavy atom. The first kappa shape index (κ1) is 34.0.